The Bertz CT molecular complexity index is 691. The smallest absolute Gasteiger partial charge is 0.326 e. The lowest BCUT2D eigenvalue weighted by Crippen LogP contribution is -2.56. The van der Waals surface area contributed by atoms with Gasteiger partial charge in [-0.15, -0.1) is 0 Å². The molecule has 136 valence electrons. The average molecular weight is 348 g/mol. The second kappa shape index (κ2) is 6.50. The average Bonchev–Trinajstić information content (AvgIpc) is 3.02. The van der Waals surface area contributed by atoms with E-state index in [1.54, 1.807) is 30.9 Å². The molecule has 2 aliphatic rings. The third kappa shape index (κ3) is 3.25. The van der Waals surface area contributed by atoms with Gasteiger partial charge in [-0.05, 0) is 37.7 Å². The number of amides is 2. The normalized spacial score (nSPS) is 21.4. The first-order valence-electron chi connectivity index (χ1n) is 8.62. The van der Waals surface area contributed by atoms with E-state index in [0.29, 0.717) is 31.7 Å². The fraction of sp³-hybridized carbons (Fsp3) is 0.647. The van der Waals surface area contributed by atoms with Crippen LogP contribution < -0.4 is 0 Å². The van der Waals surface area contributed by atoms with Gasteiger partial charge < -0.3 is 14.9 Å². The molecule has 0 radical (unpaired) electrons. The molecule has 1 N–H and O–H groups in total. The zero-order valence-corrected chi connectivity index (χ0v) is 14.6. The molecule has 0 saturated carbocycles. The molecule has 25 heavy (non-hydrogen) atoms. The largest absolute Gasteiger partial charge is 0.480 e. The zero-order valence-electron chi connectivity index (χ0n) is 14.6. The van der Waals surface area contributed by atoms with Gasteiger partial charge in [-0.2, -0.15) is 5.10 Å². The molecule has 1 spiro atoms. The van der Waals surface area contributed by atoms with Crippen molar-refractivity contribution in [3.8, 4) is 0 Å². The summed E-state index contributed by atoms with van der Waals surface area (Å²) in [6.07, 6.45) is 4.33. The Balaban J connectivity index is 1.66. The van der Waals surface area contributed by atoms with Crippen LogP contribution in [0.2, 0.25) is 0 Å². The van der Waals surface area contributed by atoms with Gasteiger partial charge in [0.15, 0.2) is 0 Å². The molecule has 2 fully saturated rings. The molecular formula is C17H24N4O4. The highest BCUT2D eigenvalue weighted by atomic mass is 16.4. The van der Waals surface area contributed by atoms with Crippen molar-refractivity contribution in [2.24, 2.45) is 12.5 Å². The Morgan fingerprint density at radius 2 is 1.96 bits per heavy atom. The predicted molar refractivity (Wildman–Crippen MR) is 88.8 cm³/mol. The van der Waals surface area contributed by atoms with E-state index in [2.05, 4.69) is 5.10 Å². The number of carboxylic acid groups (broad SMARTS) is 1. The molecule has 2 amide bonds. The summed E-state index contributed by atoms with van der Waals surface area (Å²) in [5.74, 6) is -1.10. The summed E-state index contributed by atoms with van der Waals surface area (Å²) in [5, 5.41) is 13.3. The van der Waals surface area contributed by atoms with Crippen molar-refractivity contribution in [2.45, 2.75) is 38.6 Å². The van der Waals surface area contributed by atoms with Crippen molar-refractivity contribution in [1.29, 1.82) is 0 Å². The highest BCUT2D eigenvalue weighted by Gasteiger charge is 2.44. The van der Waals surface area contributed by atoms with Gasteiger partial charge >= 0.3 is 5.97 Å². The molecule has 0 aliphatic carbocycles. The quantitative estimate of drug-likeness (QED) is 0.869. The lowest BCUT2D eigenvalue weighted by molar-refractivity contribution is -0.154. The van der Waals surface area contributed by atoms with Crippen LogP contribution in [0, 0.1) is 5.41 Å². The maximum absolute atomic E-state index is 12.6. The monoisotopic (exact) mass is 348 g/mol. The van der Waals surface area contributed by atoms with E-state index >= 15 is 0 Å². The number of nitrogens with zero attached hydrogens (tertiary/aromatic N) is 4. The number of hydrogen-bond acceptors (Lipinski definition) is 4. The molecular weight excluding hydrogens is 324 g/mol. The summed E-state index contributed by atoms with van der Waals surface area (Å²) in [4.78, 5) is 39.3. The van der Waals surface area contributed by atoms with Gasteiger partial charge in [0.1, 0.15) is 11.7 Å². The number of carbonyl (C=O) groups excluding carboxylic acids is 2. The predicted octanol–water partition coefficient (Wildman–Crippen LogP) is 0.738. The summed E-state index contributed by atoms with van der Waals surface area (Å²) >= 11 is 0. The van der Waals surface area contributed by atoms with Crippen molar-refractivity contribution in [3.63, 3.8) is 0 Å². The number of carbonyl (C=O) groups is 3. The lowest BCUT2D eigenvalue weighted by atomic mass is 9.72. The number of carboxylic acids is 1. The molecule has 3 rings (SSSR count). The molecule has 0 bridgehead atoms. The first kappa shape index (κ1) is 17.4. The number of hydrogen-bond donors (Lipinski definition) is 1. The third-order valence-corrected chi connectivity index (χ3v) is 5.67. The summed E-state index contributed by atoms with van der Waals surface area (Å²) in [6, 6.07) is 0.904. The number of aliphatic carboxylic acids is 1. The molecule has 1 atom stereocenters. The van der Waals surface area contributed by atoms with Crippen molar-refractivity contribution >= 4 is 17.8 Å². The van der Waals surface area contributed by atoms with E-state index in [1.165, 1.54) is 4.90 Å². The van der Waals surface area contributed by atoms with E-state index in [9.17, 15) is 19.5 Å². The molecule has 1 aromatic heterocycles. The zero-order chi connectivity index (χ0) is 18.2. The van der Waals surface area contributed by atoms with Crippen LogP contribution in [0.3, 0.4) is 0 Å². The topological polar surface area (TPSA) is 95.7 Å². The molecule has 8 heteroatoms. The Kier molecular flexibility index (Phi) is 4.53. The van der Waals surface area contributed by atoms with Crippen molar-refractivity contribution in [3.05, 3.63) is 18.0 Å². The molecule has 1 unspecified atom stereocenters. The Hall–Kier alpha value is -2.38. The minimum atomic E-state index is -0.978. The van der Waals surface area contributed by atoms with E-state index in [4.69, 9.17) is 0 Å². The molecule has 0 aromatic carbocycles. The summed E-state index contributed by atoms with van der Waals surface area (Å²) in [7, 11) is 1.75. The fourth-order valence-electron chi connectivity index (χ4n) is 3.87. The molecule has 2 saturated heterocycles. The standard InChI is InChI=1S/C17H24N4O4/c1-12(16(24)25)21-11-17(5-3-14(21)22)6-9-20(10-7-17)15(23)13-4-8-18-19(13)2/h4,8,12H,3,5-7,9-11H2,1-2H3,(H,24,25). The van der Waals surface area contributed by atoms with E-state index in [-0.39, 0.29) is 17.2 Å². The first-order valence-corrected chi connectivity index (χ1v) is 8.62. The SMILES string of the molecule is CC(C(=O)O)N1CC2(CCC1=O)CCN(C(=O)c1ccnn1C)CC2. The molecule has 3 heterocycles. The van der Waals surface area contributed by atoms with Crippen LogP contribution in [0.4, 0.5) is 0 Å². The van der Waals surface area contributed by atoms with Gasteiger partial charge in [-0.1, -0.05) is 0 Å². The summed E-state index contributed by atoms with van der Waals surface area (Å²) in [5.41, 5.74) is 0.483. The number of aromatic nitrogens is 2. The number of aryl methyl sites for hydroxylation is 1. The Morgan fingerprint density at radius 1 is 1.28 bits per heavy atom. The minimum Gasteiger partial charge on any atom is -0.480 e. The van der Waals surface area contributed by atoms with Crippen LogP contribution in [-0.4, -0.2) is 68.1 Å². The third-order valence-electron chi connectivity index (χ3n) is 5.67. The van der Waals surface area contributed by atoms with Gasteiger partial charge in [0.2, 0.25) is 5.91 Å². The Labute approximate surface area is 146 Å². The maximum atomic E-state index is 12.6. The van der Waals surface area contributed by atoms with Crippen LogP contribution in [0.15, 0.2) is 12.3 Å². The molecule has 8 nitrogen and oxygen atoms in total. The molecule has 2 aliphatic heterocycles. The number of rotatable bonds is 3. The summed E-state index contributed by atoms with van der Waals surface area (Å²) in [6.45, 7) is 3.26. The van der Waals surface area contributed by atoms with Crippen LogP contribution in [-0.2, 0) is 16.6 Å². The number of piperidine rings is 2. The van der Waals surface area contributed by atoms with Crippen LogP contribution in [0.1, 0.15) is 43.1 Å². The van der Waals surface area contributed by atoms with Crippen LogP contribution in [0.5, 0.6) is 0 Å². The van der Waals surface area contributed by atoms with Crippen molar-refractivity contribution in [2.75, 3.05) is 19.6 Å². The van der Waals surface area contributed by atoms with Gasteiger partial charge in [-0.25, -0.2) is 4.79 Å². The van der Waals surface area contributed by atoms with Crippen molar-refractivity contribution < 1.29 is 19.5 Å². The second-order valence-electron chi connectivity index (χ2n) is 7.17. The van der Waals surface area contributed by atoms with Gasteiger partial charge in [-0.3, -0.25) is 14.3 Å². The van der Waals surface area contributed by atoms with Crippen LogP contribution in [0.25, 0.3) is 0 Å². The van der Waals surface area contributed by atoms with E-state index in [0.717, 1.165) is 19.3 Å². The summed E-state index contributed by atoms with van der Waals surface area (Å²) < 4.78 is 1.57. The Morgan fingerprint density at radius 3 is 2.52 bits per heavy atom. The van der Waals surface area contributed by atoms with E-state index in [1.807, 2.05) is 4.90 Å². The minimum absolute atomic E-state index is 0.0301. The second-order valence-corrected chi connectivity index (χ2v) is 7.17. The van der Waals surface area contributed by atoms with Gasteiger partial charge in [0, 0.05) is 39.3 Å². The van der Waals surface area contributed by atoms with Gasteiger partial charge in [0.05, 0.1) is 0 Å². The lowest BCUT2D eigenvalue weighted by Gasteiger charge is -2.48. The number of likely N-dealkylation sites (tertiary alicyclic amines) is 2. The fourth-order valence-corrected chi connectivity index (χ4v) is 3.87. The highest BCUT2D eigenvalue weighted by molar-refractivity contribution is 5.92. The van der Waals surface area contributed by atoms with Gasteiger partial charge in [0.25, 0.3) is 5.91 Å². The van der Waals surface area contributed by atoms with E-state index < -0.39 is 12.0 Å². The first-order chi connectivity index (χ1) is 11.8. The highest BCUT2D eigenvalue weighted by Crippen LogP contribution is 2.41. The maximum Gasteiger partial charge on any atom is 0.326 e. The van der Waals surface area contributed by atoms with Crippen LogP contribution >= 0.6 is 0 Å². The molecule has 1 aromatic rings. The van der Waals surface area contributed by atoms with Crippen molar-refractivity contribution in [1.82, 2.24) is 19.6 Å².